The molecule has 24 heavy (non-hydrogen) atoms. The highest BCUT2D eigenvalue weighted by Crippen LogP contribution is 2.26. The highest BCUT2D eigenvalue weighted by molar-refractivity contribution is 9.10. The quantitative estimate of drug-likeness (QED) is 0.800. The first-order valence-corrected chi connectivity index (χ1v) is 8.36. The second kappa shape index (κ2) is 6.97. The Kier molecular flexibility index (Phi) is 4.76. The summed E-state index contributed by atoms with van der Waals surface area (Å²) in [5.41, 5.74) is 1.55. The zero-order valence-corrected chi connectivity index (χ0v) is 14.4. The van der Waals surface area contributed by atoms with Crippen LogP contribution in [0.2, 0.25) is 0 Å². The molecule has 1 N–H and O–H groups in total. The smallest absolute Gasteiger partial charge is 0.261 e. The third kappa shape index (κ3) is 3.38. The fraction of sp³-hybridized carbons (Fsp3) is 0.167. The van der Waals surface area contributed by atoms with Crippen LogP contribution in [0.4, 0.5) is 5.69 Å². The van der Waals surface area contributed by atoms with Gasteiger partial charge >= 0.3 is 0 Å². The third-order valence-electron chi connectivity index (χ3n) is 3.78. The first-order valence-electron chi connectivity index (χ1n) is 7.57. The van der Waals surface area contributed by atoms with Crippen LogP contribution in [-0.2, 0) is 4.79 Å². The Labute approximate surface area is 147 Å². The van der Waals surface area contributed by atoms with E-state index in [9.17, 15) is 14.4 Å². The minimum absolute atomic E-state index is 0.138. The Balaban J connectivity index is 1.55. The molecule has 1 aliphatic rings. The zero-order valence-electron chi connectivity index (χ0n) is 12.8. The van der Waals surface area contributed by atoms with Gasteiger partial charge in [0, 0.05) is 23.1 Å². The molecule has 0 bridgehead atoms. The molecule has 1 heterocycles. The van der Waals surface area contributed by atoms with E-state index in [1.807, 2.05) is 18.2 Å². The van der Waals surface area contributed by atoms with Gasteiger partial charge < -0.3 is 5.32 Å². The number of fused-ring (bicyclic) bond motifs is 1. The van der Waals surface area contributed by atoms with Gasteiger partial charge in [-0.2, -0.15) is 0 Å². The maximum atomic E-state index is 12.3. The van der Waals surface area contributed by atoms with Crippen LogP contribution in [0.15, 0.2) is 53.0 Å². The Morgan fingerprint density at radius 2 is 1.71 bits per heavy atom. The number of hydrogen-bond acceptors (Lipinski definition) is 3. The maximum Gasteiger partial charge on any atom is 0.261 e. The number of imide groups is 1. The van der Waals surface area contributed by atoms with E-state index in [1.54, 1.807) is 30.3 Å². The molecule has 0 unspecified atom stereocenters. The van der Waals surface area contributed by atoms with Crippen molar-refractivity contribution in [2.45, 2.75) is 12.8 Å². The van der Waals surface area contributed by atoms with Gasteiger partial charge in [0.15, 0.2) is 0 Å². The van der Waals surface area contributed by atoms with Crippen molar-refractivity contribution in [3.63, 3.8) is 0 Å². The summed E-state index contributed by atoms with van der Waals surface area (Å²) in [7, 11) is 0. The molecule has 0 atom stereocenters. The molecule has 3 rings (SSSR count). The number of halogens is 1. The van der Waals surface area contributed by atoms with E-state index in [4.69, 9.17) is 0 Å². The number of benzene rings is 2. The van der Waals surface area contributed by atoms with Gasteiger partial charge in [0.25, 0.3) is 11.8 Å². The number of nitrogens with one attached hydrogen (secondary N) is 1. The summed E-state index contributed by atoms with van der Waals surface area (Å²) in [6.45, 7) is 0.228. The molecule has 0 saturated heterocycles. The summed E-state index contributed by atoms with van der Waals surface area (Å²) < 4.78 is 0.756. The molecule has 2 aromatic rings. The summed E-state index contributed by atoms with van der Waals surface area (Å²) >= 11 is 3.30. The highest BCUT2D eigenvalue weighted by atomic mass is 79.9. The highest BCUT2D eigenvalue weighted by Gasteiger charge is 2.35. The normalized spacial score (nSPS) is 13.1. The second-order valence-electron chi connectivity index (χ2n) is 5.47. The van der Waals surface area contributed by atoms with Crippen LogP contribution in [0.25, 0.3) is 0 Å². The molecule has 2 aromatic carbocycles. The molecule has 5 nitrogen and oxygen atoms in total. The van der Waals surface area contributed by atoms with Gasteiger partial charge in [0.1, 0.15) is 0 Å². The topological polar surface area (TPSA) is 66.5 Å². The van der Waals surface area contributed by atoms with Crippen LogP contribution in [0, 0.1) is 0 Å². The molecular weight excluding hydrogens is 372 g/mol. The SMILES string of the molecule is O=C(CCCN1C(=O)c2ccc(Br)cc2C1=O)Nc1ccccc1. The van der Waals surface area contributed by atoms with Crippen molar-refractivity contribution < 1.29 is 14.4 Å². The molecule has 0 saturated carbocycles. The van der Waals surface area contributed by atoms with Crippen LogP contribution < -0.4 is 5.32 Å². The van der Waals surface area contributed by atoms with Crippen molar-refractivity contribution in [3.8, 4) is 0 Å². The average molecular weight is 387 g/mol. The lowest BCUT2D eigenvalue weighted by Crippen LogP contribution is -2.31. The molecule has 0 aliphatic carbocycles. The average Bonchev–Trinajstić information content (AvgIpc) is 2.80. The number of rotatable bonds is 5. The minimum Gasteiger partial charge on any atom is -0.326 e. The summed E-state index contributed by atoms with van der Waals surface area (Å²) in [6.07, 6.45) is 0.664. The van der Waals surface area contributed by atoms with E-state index in [-0.39, 0.29) is 30.7 Å². The molecule has 1 aliphatic heterocycles. The lowest BCUT2D eigenvalue weighted by molar-refractivity contribution is -0.116. The van der Waals surface area contributed by atoms with Gasteiger partial charge in [0.2, 0.25) is 5.91 Å². The first-order chi connectivity index (χ1) is 11.6. The number of carbonyl (C=O) groups excluding carboxylic acids is 3. The number of hydrogen-bond donors (Lipinski definition) is 1. The molecule has 0 radical (unpaired) electrons. The number of carbonyl (C=O) groups is 3. The lowest BCUT2D eigenvalue weighted by Gasteiger charge is -2.13. The van der Waals surface area contributed by atoms with Gasteiger partial charge in [0.05, 0.1) is 11.1 Å². The van der Waals surface area contributed by atoms with Crippen LogP contribution in [0.1, 0.15) is 33.6 Å². The summed E-state index contributed by atoms with van der Waals surface area (Å²) in [4.78, 5) is 37.7. The number of amides is 3. The van der Waals surface area contributed by atoms with E-state index in [1.165, 1.54) is 4.90 Å². The van der Waals surface area contributed by atoms with E-state index in [0.717, 1.165) is 10.2 Å². The van der Waals surface area contributed by atoms with E-state index >= 15 is 0 Å². The largest absolute Gasteiger partial charge is 0.326 e. The van der Waals surface area contributed by atoms with Crippen LogP contribution >= 0.6 is 15.9 Å². The van der Waals surface area contributed by atoms with Crippen molar-refractivity contribution in [1.82, 2.24) is 4.90 Å². The van der Waals surface area contributed by atoms with E-state index in [0.29, 0.717) is 17.5 Å². The fourth-order valence-corrected chi connectivity index (χ4v) is 2.97. The fourth-order valence-electron chi connectivity index (χ4n) is 2.61. The van der Waals surface area contributed by atoms with Crippen molar-refractivity contribution >= 4 is 39.3 Å². The summed E-state index contributed by atoms with van der Waals surface area (Å²) in [5.74, 6) is -0.744. The molecule has 122 valence electrons. The third-order valence-corrected chi connectivity index (χ3v) is 4.27. The lowest BCUT2D eigenvalue weighted by atomic mass is 10.1. The van der Waals surface area contributed by atoms with Crippen molar-refractivity contribution in [3.05, 3.63) is 64.1 Å². The molecule has 3 amide bonds. The van der Waals surface area contributed by atoms with Gasteiger partial charge in [-0.1, -0.05) is 34.1 Å². The van der Waals surface area contributed by atoms with Crippen LogP contribution in [0.5, 0.6) is 0 Å². The van der Waals surface area contributed by atoms with Gasteiger partial charge in [-0.25, -0.2) is 0 Å². The van der Waals surface area contributed by atoms with E-state index in [2.05, 4.69) is 21.2 Å². The minimum atomic E-state index is -0.306. The standard InChI is InChI=1S/C18H15BrN2O3/c19-12-8-9-14-15(11-12)18(24)21(17(14)23)10-4-7-16(22)20-13-5-2-1-3-6-13/h1-3,5-6,8-9,11H,4,7,10H2,(H,20,22). The number of para-hydroxylation sites is 1. The van der Waals surface area contributed by atoms with E-state index < -0.39 is 0 Å². The molecular formula is C18H15BrN2O3. The van der Waals surface area contributed by atoms with Crippen molar-refractivity contribution in [1.29, 1.82) is 0 Å². The van der Waals surface area contributed by atoms with Crippen LogP contribution in [-0.4, -0.2) is 29.2 Å². The molecule has 0 spiro atoms. The monoisotopic (exact) mass is 386 g/mol. The maximum absolute atomic E-state index is 12.3. The second-order valence-corrected chi connectivity index (χ2v) is 6.39. The Morgan fingerprint density at radius 1 is 1.00 bits per heavy atom. The van der Waals surface area contributed by atoms with Crippen molar-refractivity contribution in [2.75, 3.05) is 11.9 Å². The summed E-state index contributed by atoms with van der Waals surface area (Å²) in [6, 6.07) is 14.2. The summed E-state index contributed by atoms with van der Waals surface area (Å²) in [5, 5.41) is 2.78. The Bertz CT molecular complexity index is 805. The van der Waals surface area contributed by atoms with Crippen molar-refractivity contribution in [2.24, 2.45) is 0 Å². The number of nitrogens with zero attached hydrogens (tertiary/aromatic N) is 1. The van der Waals surface area contributed by atoms with Crippen LogP contribution in [0.3, 0.4) is 0 Å². The predicted octanol–water partition coefficient (Wildman–Crippen LogP) is 3.46. The Hall–Kier alpha value is -2.47. The molecule has 0 aromatic heterocycles. The molecule has 6 heteroatoms. The molecule has 0 fully saturated rings. The number of anilines is 1. The Morgan fingerprint density at radius 3 is 2.46 bits per heavy atom. The van der Waals surface area contributed by atoms with Gasteiger partial charge in [-0.05, 0) is 36.8 Å². The predicted molar refractivity (Wildman–Crippen MR) is 93.8 cm³/mol. The first kappa shape index (κ1) is 16.4. The zero-order chi connectivity index (χ0) is 17.1. The van der Waals surface area contributed by atoms with Gasteiger partial charge in [-0.15, -0.1) is 0 Å². The van der Waals surface area contributed by atoms with Gasteiger partial charge in [-0.3, -0.25) is 19.3 Å².